The zero-order valence-electron chi connectivity index (χ0n) is 12.1. The Morgan fingerprint density at radius 2 is 1.90 bits per heavy atom. The van der Waals surface area contributed by atoms with Gasteiger partial charge in [-0.25, -0.2) is 4.79 Å². The van der Waals surface area contributed by atoms with E-state index in [1.165, 1.54) is 7.11 Å². The van der Waals surface area contributed by atoms with Crippen molar-refractivity contribution < 1.29 is 19.4 Å². The summed E-state index contributed by atoms with van der Waals surface area (Å²) < 4.78 is 10.2. The van der Waals surface area contributed by atoms with Crippen LogP contribution in [0, 0.1) is 6.92 Å². The van der Waals surface area contributed by atoms with Crippen LogP contribution >= 0.6 is 0 Å². The first-order valence-corrected chi connectivity index (χ1v) is 6.66. The Kier molecular flexibility index (Phi) is 4.95. The third-order valence-corrected chi connectivity index (χ3v) is 3.13. The molecule has 0 saturated carbocycles. The van der Waals surface area contributed by atoms with Crippen LogP contribution in [0.1, 0.15) is 27.6 Å². The van der Waals surface area contributed by atoms with Crippen LogP contribution in [0.4, 0.5) is 0 Å². The fourth-order valence-corrected chi connectivity index (χ4v) is 1.89. The molecule has 4 nitrogen and oxygen atoms in total. The van der Waals surface area contributed by atoms with E-state index in [0.29, 0.717) is 11.3 Å². The van der Waals surface area contributed by atoms with Gasteiger partial charge in [0.1, 0.15) is 18.5 Å². The molecule has 0 saturated heterocycles. The summed E-state index contributed by atoms with van der Waals surface area (Å²) in [5.41, 5.74) is 2.35. The van der Waals surface area contributed by atoms with Crippen molar-refractivity contribution in [3.63, 3.8) is 0 Å². The first-order valence-electron chi connectivity index (χ1n) is 6.66. The molecule has 1 atom stereocenters. The fourth-order valence-electron chi connectivity index (χ4n) is 1.89. The van der Waals surface area contributed by atoms with Crippen molar-refractivity contribution >= 4 is 5.97 Å². The summed E-state index contributed by atoms with van der Waals surface area (Å²) in [7, 11) is 1.33. The van der Waals surface area contributed by atoms with Gasteiger partial charge in [0, 0.05) is 0 Å². The zero-order valence-corrected chi connectivity index (χ0v) is 12.1. The predicted molar refractivity (Wildman–Crippen MR) is 79.4 cm³/mol. The summed E-state index contributed by atoms with van der Waals surface area (Å²) in [6.45, 7) is 2.11. The van der Waals surface area contributed by atoms with Gasteiger partial charge >= 0.3 is 5.97 Å². The maximum atomic E-state index is 11.4. The Morgan fingerprint density at radius 1 is 1.19 bits per heavy atom. The molecular formula is C17H18O4. The van der Waals surface area contributed by atoms with E-state index in [-0.39, 0.29) is 6.61 Å². The molecule has 0 aromatic heterocycles. The Hall–Kier alpha value is -2.33. The molecule has 1 unspecified atom stereocenters. The molecule has 0 aliphatic rings. The third kappa shape index (κ3) is 4.07. The van der Waals surface area contributed by atoms with Gasteiger partial charge in [-0.1, -0.05) is 35.9 Å². The van der Waals surface area contributed by atoms with E-state index in [2.05, 4.69) is 4.74 Å². The molecule has 1 N–H and O–H groups in total. The molecule has 110 valence electrons. The SMILES string of the molecule is COC(=O)c1cccc(OCC(O)c2ccc(C)cc2)c1. The Bertz CT molecular complexity index is 604. The number of aryl methyl sites for hydroxylation is 1. The molecule has 21 heavy (non-hydrogen) atoms. The highest BCUT2D eigenvalue weighted by Gasteiger charge is 2.10. The van der Waals surface area contributed by atoms with Crippen LogP contribution in [-0.2, 0) is 4.74 Å². The quantitative estimate of drug-likeness (QED) is 0.859. The van der Waals surface area contributed by atoms with E-state index in [1.54, 1.807) is 24.3 Å². The maximum Gasteiger partial charge on any atom is 0.337 e. The Labute approximate surface area is 123 Å². The highest BCUT2D eigenvalue weighted by molar-refractivity contribution is 5.89. The van der Waals surface area contributed by atoms with E-state index in [0.717, 1.165) is 11.1 Å². The van der Waals surface area contributed by atoms with Crippen LogP contribution in [0.2, 0.25) is 0 Å². The van der Waals surface area contributed by atoms with E-state index in [4.69, 9.17) is 4.74 Å². The van der Waals surface area contributed by atoms with Gasteiger partial charge in [0.25, 0.3) is 0 Å². The van der Waals surface area contributed by atoms with E-state index < -0.39 is 12.1 Å². The average Bonchev–Trinajstić information content (AvgIpc) is 2.52. The molecular weight excluding hydrogens is 268 g/mol. The predicted octanol–water partition coefficient (Wildman–Crippen LogP) is 2.89. The highest BCUT2D eigenvalue weighted by atomic mass is 16.5. The standard InChI is InChI=1S/C17H18O4/c1-12-6-8-13(9-7-12)16(18)11-21-15-5-3-4-14(10-15)17(19)20-2/h3-10,16,18H,11H2,1-2H3. The van der Waals surface area contributed by atoms with Crippen LogP contribution in [0.3, 0.4) is 0 Å². The third-order valence-electron chi connectivity index (χ3n) is 3.13. The van der Waals surface area contributed by atoms with Crippen LogP contribution in [0.25, 0.3) is 0 Å². The lowest BCUT2D eigenvalue weighted by molar-refractivity contribution is 0.0600. The van der Waals surface area contributed by atoms with Crippen molar-refractivity contribution in [3.8, 4) is 5.75 Å². The monoisotopic (exact) mass is 286 g/mol. The number of aliphatic hydroxyl groups excluding tert-OH is 1. The number of hydrogen-bond acceptors (Lipinski definition) is 4. The largest absolute Gasteiger partial charge is 0.491 e. The maximum absolute atomic E-state index is 11.4. The molecule has 0 heterocycles. The van der Waals surface area contributed by atoms with Gasteiger partial charge in [0.05, 0.1) is 12.7 Å². The van der Waals surface area contributed by atoms with Crippen molar-refractivity contribution in [1.82, 2.24) is 0 Å². The van der Waals surface area contributed by atoms with E-state index in [1.807, 2.05) is 31.2 Å². The lowest BCUT2D eigenvalue weighted by Gasteiger charge is -2.13. The minimum atomic E-state index is -0.715. The fraction of sp³-hybridized carbons (Fsp3) is 0.235. The van der Waals surface area contributed by atoms with Crippen LogP contribution in [-0.4, -0.2) is 24.8 Å². The number of aliphatic hydroxyl groups is 1. The Morgan fingerprint density at radius 3 is 2.57 bits per heavy atom. The molecule has 0 fully saturated rings. The van der Waals surface area contributed by atoms with Gasteiger partial charge in [-0.05, 0) is 30.7 Å². The summed E-state index contributed by atoms with van der Waals surface area (Å²) in [5, 5.41) is 10.1. The van der Waals surface area contributed by atoms with Gasteiger partial charge < -0.3 is 14.6 Å². The second-order valence-electron chi connectivity index (χ2n) is 4.76. The number of methoxy groups -OCH3 is 1. The summed E-state index contributed by atoms with van der Waals surface area (Å²) in [6, 6.07) is 14.3. The van der Waals surface area contributed by atoms with Gasteiger partial charge in [0.15, 0.2) is 0 Å². The van der Waals surface area contributed by atoms with Gasteiger partial charge in [0.2, 0.25) is 0 Å². The number of rotatable bonds is 5. The number of carbonyl (C=O) groups is 1. The summed E-state index contributed by atoms with van der Waals surface area (Å²) in [6.07, 6.45) is -0.715. The average molecular weight is 286 g/mol. The minimum Gasteiger partial charge on any atom is -0.491 e. The van der Waals surface area contributed by atoms with Gasteiger partial charge in [-0.15, -0.1) is 0 Å². The second kappa shape index (κ2) is 6.90. The second-order valence-corrected chi connectivity index (χ2v) is 4.76. The molecule has 0 radical (unpaired) electrons. The number of carbonyl (C=O) groups excluding carboxylic acids is 1. The van der Waals surface area contributed by atoms with Crippen molar-refractivity contribution in [2.24, 2.45) is 0 Å². The first-order chi connectivity index (χ1) is 10.1. The molecule has 0 spiro atoms. The molecule has 0 aliphatic carbocycles. The van der Waals surface area contributed by atoms with E-state index >= 15 is 0 Å². The van der Waals surface area contributed by atoms with Gasteiger partial charge in [-0.2, -0.15) is 0 Å². The molecule has 2 aromatic rings. The number of benzene rings is 2. The molecule has 4 heteroatoms. The van der Waals surface area contributed by atoms with Crippen LogP contribution in [0.5, 0.6) is 5.75 Å². The molecule has 2 aromatic carbocycles. The summed E-state index contributed by atoms with van der Waals surface area (Å²) in [4.78, 5) is 11.4. The topological polar surface area (TPSA) is 55.8 Å². The summed E-state index contributed by atoms with van der Waals surface area (Å²) in [5.74, 6) is 0.101. The van der Waals surface area contributed by atoms with Crippen molar-refractivity contribution in [3.05, 3.63) is 65.2 Å². The van der Waals surface area contributed by atoms with E-state index in [9.17, 15) is 9.90 Å². The molecule has 0 bridgehead atoms. The highest BCUT2D eigenvalue weighted by Crippen LogP contribution is 2.18. The van der Waals surface area contributed by atoms with Crippen molar-refractivity contribution in [1.29, 1.82) is 0 Å². The zero-order chi connectivity index (χ0) is 15.2. The lowest BCUT2D eigenvalue weighted by atomic mass is 10.1. The van der Waals surface area contributed by atoms with Gasteiger partial charge in [-0.3, -0.25) is 0 Å². The normalized spacial score (nSPS) is 11.8. The number of esters is 1. The number of ether oxygens (including phenoxy) is 2. The molecule has 0 aliphatic heterocycles. The molecule has 2 rings (SSSR count). The van der Waals surface area contributed by atoms with Crippen LogP contribution in [0.15, 0.2) is 48.5 Å². The van der Waals surface area contributed by atoms with Crippen molar-refractivity contribution in [2.45, 2.75) is 13.0 Å². The number of hydrogen-bond donors (Lipinski definition) is 1. The molecule has 0 amide bonds. The first kappa shape index (κ1) is 15.1. The smallest absolute Gasteiger partial charge is 0.337 e. The Balaban J connectivity index is 1.99. The summed E-state index contributed by atoms with van der Waals surface area (Å²) >= 11 is 0. The lowest BCUT2D eigenvalue weighted by Crippen LogP contribution is -2.10. The van der Waals surface area contributed by atoms with Crippen LogP contribution < -0.4 is 4.74 Å². The minimum absolute atomic E-state index is 0.119. The van der Waals surface area contributed by atoms with Crippen molar-refractivity contribution in [2.75, 3.05) is 13.7 Å².